The molecule has 2 heterocycles. The molecule has 3 atom stereocenters. The molecule has 0 saturated carbocycles. The van der Waals surface area contributed by atoms with E-state index in [-0.39, 0.29) is 42.9 Å². The molecule has 30 heavy (non-hydrogen) atoms. The zero-order chi connectivity index (χ0) is 20.1. The molecule has 0 bridgehead atoms. The maximum absolute atomic E-state index is 12.5. The van der Waals surface area contributed by atoms with E-state index < -0.39 is 6.04 Å². The molecule has 168 valence electrons. The molecule has 1 aromatic heterocycles. The first-order chi connectivity index (χ1) is 13.4. The largest absolute Gasteiger partial charge is 0.373 e. The predicted molar refractivity (Wildman–Crippen MR) is 123 cm³/mol. The van der Waals surface area contributed by atoms with Crippen LogP contribution in [0.5, 0.6) is 0 Å². The van der Waals surface area contributed by atoms with Crippen molar-refractivity contribution in [2.45, 2.75) is 45.2 Å². The lowest BCUT2D eigenvalue weighted by molar-refractivity contribution is -0.123. The van der Waals surface area contributed by atoms with Crippen LogP contribution in [-0.4, -0.2) is 52.9 Å². The minimum Gasteiger partial charge on any atom is -0.373 e. The van der Waals surface area contributed by atoms with Crippen molar-refractivity contribution in [3.05, 3.63) is 53.3 Å². The SMILES string of the molecule is CNC(C(=O)NCc1ccc(CN2CC(C)OC(C)C2)cc1)c1cnn(C)c1.Cl.Cl. The van der Waals surface area contributed by atoms with E-state index in [1.54, 1.807) is 17.9 Å². The number of aromatic nitrogens is 2. The Hall–Kier alpha value is -1.64. The number of morpholine rings is 1. The number of carbonyl (C=O) groups is 1. The van der Waals surface area contributed by atoms with Gasteiger partial charge in [0.05, 0.1) is 18.4 Å². The van der Waals surface area contributed by atoms with Crippen molar-refractivity contribution in [2.75, 3.05) is 20.1 Å². The highest BCUT2D eigenvalue weighted by molar-refractivity contribution is 5.85. The number of amides is 1. The Labute approximate surface area is 191 Å². The van der Waals surface area contributed by atoms with E-state index >= 15 is 0 Å². The second-order valence-corrected chi connectivity index (χ2v) is 7.65. The van der Waals surface area contributed by atoms with E-state index in [1.807, 2.05) is 13.2 Å². The lowest BCUT2D eigenvalue weighted by Crippen LogP contribution is -2.44. The summed E-state index contributed by atoms with van der Waals surface area (Å²) in [6.45, 7) is 7.59. The smallest absolute Gasteiger partial charge is 0.242 e. The van der Waals surface area contributed by atoms with E-state index in [2.05, 4.69) is 58.7 Å². The highest BCUT2D eigenvalue weighted by Gasteiger charge is 2.22. The van der Waals surface area contributed by atoms with Crippen LogP contribution >= 0.6 is 24.8 Å². The van der Waals surface area contributed by atoms with Crippen molar-refractivity contribution in [3.8, 4) is 0 Å². The molecule has 7 nitrogen and oxygen atoms in total. The monoisotopic (exact) mass is 457 g/mol. The van der Waals surface area contributed by atoms with Gasteiger partial charge in [-0.15, -0.1) is 24.8 Å². The molecule has 3 unspecified atom stereocenters. The van der Waals surface area contributed by atoms with Crippen molar-refractivity contribution in [1.29, 1.82) is 0 Å². The van der Waals surface area contributed by atoms with Crippen LogP contribution in [0.4, 0.5) is 0 Å². The summed E-state index contributed by atoms with van der Waals surface area (Å²) in [6, 6.07) is 8.05. The number of nitrogens with one attached hydrogen (secondary N) is 2. The third-order valence-corrected chi connectivity index (χ3v) is 5.00. The second kappa shape index (κ2) is 12.3. The molecule has 1 amide bonds. The van der Waals surface area contributed by atoms with E-state index in [0.717, 1.165) is 30.8 Å². The quantitative estimate of drug-likeness (QED) is 0.667. The summed E-state index contributed by atoms with van der Waals surface area (Å²) in [7, 11) is 3.62. The van der Waals surface area contributed by atoms with Crippen LogP contribution < -0.4 is 10.6 Å². The summed E-state index contributed by atoms with van der Waals surface area (Å²) >= 11 is 0. The topological polar surface area (TPSA) is 71.4 Å². The Balaban J connectivity index is 0.00000225. The van der Waals surface area contributed by atoms with E-state index in [4.69, 9.17) is 4.74 Å². The fourth-order valence-corrected chi connectivity index (χ4v) is 3.76. The number of rotatable bonds is 7. The van der Waals surface area contributed by atoms with Crippen LogP contribution in [0.3, 0.4) is 0 Å². The zero-order valence-corrected chi connectivity index (χ0v) is 19.6. The number of benzene rings is 1. The number of carbonyl (C=O) groups excluding carboxylic acids is 1. The number of halogens is 2. The van der Waals surface area contributed by atoms with Gasteiger partial charge in [-0.05, 0) is 32.0 Å². The van der Waals surface area contributed by atoms with Gasteiger partial charge in [0, 0.05) is 45.0 Å². The summed E-state index contributed by atoms with van der Waals surface area (Å²) in [5, 5.41) is 10.2. The first kappa shape index (κ1) is 26.4. The lowest BCUT2D eigenvalue weighted by atomic mass is 10.1. The molecule has 1 saturated heterocycles. The van der Waals surface area contributed by atoms with Gasteiger partial charge in [0.25, 0.3) is 0 Å². The Morgan fingerprint density at radius 1 is 1.17 bits per heavy atom. The first-order valence-electron chi connectivity index (χ1n) is 9.83. The van der Waals surface area contributed by atoms with E-state index in [9.17, 15) is 4.79 Å². The minimum absolute atomic E-state index is 0. The van der Waals surface area contributed by atoms with Crippen molar-refractivity contribution in [1.82, 2.24) is 25.3 Å². The van der Waals surface area contributed by atoms with Crippen LogP contribution in [0, 0.1) is 0 Å². The Morgan fingerprint density at radius 3 is 2.30 bits per heavy atom. The van der Waals surface area contributed by atoms with Crippen LogP contribution in [0.15, 0.2) is 36.7 Å². The van der Waals surface area contributed by atoms with E-state index in [1.165, 1.54) is 5.56 Å². The van der Waals surface area contributed by atoms with Gasteiger partial charge < -0.3 is 15.4 Å². The van der Waals surface area contributed by atoms with Crippen molar-refractivity contribution in [3.63, 3.8) is 0 Å². The number of hydrogen-bond acceptors (Lipinski definition) is 5. The molecule has 1 aliphatic rings. The summed E-state index contributed by atoms with van der Waals surface area (Å²) in [5.41, 5.74) is 3.22. The molecule has 9 heteroatoms. The van der Waals surface area contributed by atoms with Crippen molar-refractivity contribution >= 4 is 30.7 Å². The number of ether oxygens (including phenoxy) is 1. The molecule has 3 rings (SSSR count). The summed E-state index contributed by atoms with van der Waals surface area (Å²) in [6.07, 6.45) is 4.11. The number of nitrogens with zero attached hydrogens (tertiary/aromatic N) is 3. The molecule has 0 spiro atoms. The van der Waals surface area contributed by atoms with E-state index in [0.29, 0.717) is 6.54 Å². The molecule has 0 aliphatic carbocycles. The Kier molecular flexibility index (Phi) is 10.8. The van der Waals surface area contributed by atoms with Gasteiger partial charge in [-0.1, -0.05) is 24.3 Å². The van der Waals surface area contributed by atoms with Gasteiger partial charge in [-0.25, -0.2) is 0 Å². The molecular weight excluding hydrogens is 425 g/mol. The molecule has 2 N–H and O–H groups in total. The Bertz CT molecular complexity index is 774. The highest BCUT2D eigenvalue weighted by atomic mass is 35.5. The average molecular weight is 458 g/mol. The predicted octanol–water partition coefficient (Wildman–Crippen LogP) is 2.45. The third-order valence-electron chi connectivity index (χ3n) is 5.00. The molecule has 1 fully saturated rings. The van der Waals surface area contributed by atoms with Crippen LogP contribution in [0.25, 0.3) is 0 Å². The van der Waals surface area contributed by atoms with Gasteiger partial charge >= 0.3 is 0 Å². The van der Waals surface area contributed by atoms with Crippen LogP contribution in [0.2, 0.25) is 0 Å². The van der Waals surface area contributed by atoms with Crippen LogP contribution in [0.1, 0.15) is 36.6 Å². The molecule has 1 aromatic carbocycles. The lowest BCUT2D eigenvalue weighted by Gasteiger charge is -2.35. The Morgan fingerprint density at radius 2 is 1.77 bits per heavy atom. The van der Waals surface area contributed by atoms with Gasteiger partial charge in [0.15, 0.2) is 0 Å². The van der Waals surface area contributed by atoms with Gasteiger partial charge in [0.1, 0.15) is 6.04 Å². The standard InChI is InChI=1S/C21H31N5O2.2ClH/c1-15-11-26(12-16(2)28-15)13-18-7-5-17(6-8-18)9-23-21(27)20(22-3)19-10-24-25(4)14-19;;/h5-8,10,14-16,20,22H,9,11-13H2,1-4H3,(H,23,27);2*1H. The maximum Gasteiger partial charge on any atom is 0.242 e. The van der Waals surface area contributed by atoms with Crippen LogP contribution in [-0.2, 0) is 29.7 Å². The number of hydrogen-bond donors (Lipinski definition) is 2. The average Bonchev–Trinajstić information content (AvgIpc) is 3.07. The highest BCUT2D eigenvalue weighted by Crippen LogP contribution is 2.15. The van der Waals surface area contributed by atoms with Gasteiger partial charge in [-0.2, -0.15) is 5.10 Å². The van der Waals surface area contributed by atoms with Crippen molar-refractivity contribution in [2.24, 2.45) is 7.05 Å². The fourth-order valence-electron chi connectivity index (χ4n) is 3.76. The maximum atomic E-state index is 12.5. The summed E-state index contributed by atoms with van der Waals surface area (Å²) in [5.74, 6) is -0.0594. The normalized spacial score (nSPS) is 20.0. The zero-order valence-electron chi connectivity index (χ0n) is 18.0. The molecule has 0 radical (unpaired) electrons. The molecular formula is C21H33Cl2N5O2. The number of likely N-dealkylation sites (N-methyl/N-ethyl adjacent to an activating group) is 1. The van der Waals surface area contributed by atoms with Gasteiger partial charge in [-0.3, -0.25) is 14.4 Å². The summed E-state index contributed by atoms with van der Waals surface area (Å²) < 4.78 is 7.49. The number of aryl methyl sites for hydroxylation is 1. The van der Waals surface area contributed by atoms with Gasteiger partial charge in [0.2, 0.25) is 5.91 Å². The summed E-state index contributed by atoms with van der Waals surface area (Å²) in [4.78, 5) is 15.0. The molecule has 2 aromatic rings. The minimum atomic E-state index is -0.404. The second-order valence-electron chi connectivity index (χ2n) is 7.65. The first-order valence-corrected chi connectivity index (χ1v) is 9.83. The fraction of sp³-hybridized carbons (Fsp3) is 0.524. The van der Waals surface area contributed by atoms with Crippen molar-refractivity contribution < 1.29 is 9.53 Å². The molecule has 1 aliphatic heterocycles. The third kappa shape index (κ3) is 7.25.